The number of nitrogens with one attached hydrogen (secondary N) is 1. The van der Waals surface area contributed by atoms with E-state index in [2.05, 4.69) is 24.1 Å². The van der Waals surface area contributed by atoms with E-state index in [9.17, 15) is 4.79 Å². The fraction of sp³-hybridized carbons (Fsp3) is 0.467. The fourth-order valence-corrected chi connectivity index (χ4v) is 3.31. The van der Waals surface area contributed by atoms with Gasteiger partial charge in [-0.2, -0.15) is 0 Å². The summed E-state index contributed by atoms with van der Waals surface area (Å²) in [5, 5.41) is 2.62. The number of hydrogen-bond donors (Lipinski definition) is 1. The van der Waals surface area contributed by atoms with Crippen LogP contribution in [-0.2, 0) is 4.79 Å². The molecule has 0 spiro atoms. The highest BCUT2D eigenvalue weighted by atomic mass is 32.2. The molecule has 0 bridgehead atoms. The van der Waals surface area contributed by atoms with Crippen LogP contribution in [0.4, 0.5) is 5.69 Å². The molecular formula is C15H22N2O2S2. The molecule has 1 unspecified atom stereocenters. The number of thioether (sulfide) groups is 1. The van der Waals surface area contributed by atoms with Crippen molar-refractivity contribution in [3.8, 4) is 5.75 Å². The first-order valence-corrected chi connectivity index (χ1v) is 8.21. The van der Waals surface area contributed by atoms with E-state index in [1.54, 1.807) is 7.11 Å². The number of hydrogen-bond acceptors (Lipinski definition) is 4. The number of benzene rings is 1. The molecular weight excluding hydrogens is 304 g/mol. The van der Waals surface area contributed by atoms with Crippen LogP contribution >= 0.6 is 24.0 Å². The van der Waals surface area contributed by atoms with Gasteiger partial charge in [0.05, 0.1) is 18.0 Å². The van der Waals surface area contributed by atoms with Crippen LogP contribution < -0.4 is 10.1 Å². The maximum Gasteiger partial charge on any atom is 0.237 e. The third kappa shape index (κ3) is 5.21. The Hall–Kier alpha value is -1.27. The van der Waals surface area contributed by atoms with Crippen molar-refractivity contribution in [2.75, 3.05) is 25.5 Å². The van der Waals surface area contributed by atoms with E-state index in [-0.39, 0.29) is 11.2 Å². The summed E-state index contributed by atoms with van der Waals surface area (Å²) in [6, 6.07) is 7.35. The summed E-state index contributed by atoms with van der Waals surface area (Å²) in [7, 11) is 1.58. The summed E-state index contributed by atoms with van der Waals surface area (Å²) in [5.74, 6) is 0.563. The fourth-order valence-electron chi connectivity index (χ4n) is 1.74. The lowest BCUT2D eigenvalue weighted by atomic mass is 10.3. The molecule has 4 nitrogen and oxygen atoms in total. The highest BCUT2D eigenvalue weighted by molar-refractivity contribution is 8.23. The van der Waals surface area contributed by atoms with Crippen molar-refractivity contribution in [2.24, 2.45) is 0 Å². The van der Waals surface area contributed by atoms with Crippen molar-refractivity contribution in [1.29, 1.82) is 0 Å². The van der Waals surface area contributed by atoms with E-state index in [0.29, 0.717) is 11.4 Å². The van der Waals surface area contributed by atoms with Gasteiger partial charge in [-0.3, -0.25) is 4.79 Å². The largest absolute Gasteiger partial charge is 0.495 e. The SMILES string of the molecule is CCN(CC)C(=S)SC(C)C(=O)Nc1ccccc1OC. The number of carbonyl (C=O) groups excluding carboxylic acids is 1. The number of nitrogens with zero attached hydrogens (tertiary/aromatic N) is 1. The van der Waals surface area contributed by atoms with Gasteiger partial charge in [-0.15, -0.1) is 0 Å². The van der Waals surface area contributed by atoms with Crippen molar-refractivity contribution in [1.82, 2.24) is 4.90 Å². The monoisotopic (exact) mass is 326 g/mol. The van der Waals surface area contributed by atoms with E-state index in [1.165, 1.54) is 11.8 Å². The molecule has 1 aromatic carbocycles. The number of anilines is 1. The standard InChI is InChI=1S/C15H22N2O2S2/c1-5-17(6-2)15(20)21-11(3)14(18)16-12-9-7-8-10-13(12)19-4/h7-11H,5-6H2,1-4H3,(H,16,18). The molecule has 1 amide bonds. The van der Waals surface area contributed by atoms with Crippen molar-refractivity contribution in [2.45, 2.75) is 26.0 Å². The van der Waals surface area contributed by atoms with Crippen LogP contribution in [0.3, 0.4) is 0 Å². The topological polar surface area (TPSA) is 41.6 Å². The van der Waals surface area contributed by atoms with Crippen LogP contribution in [0.15, 0.2) is 24.3 Å². The van der Waals surface area contributed by atoms with Gasteiger partial charge in [-0.25, -0.2) is 0 Å². The van der Waals surface area contributed by atoms with Gasteiger partial charge in [-0.05, 0) is 32.9 Å². The Morgan fingerprint density at radius 1 is 1.38 bits per heavy atom. The number of thiocarbonyl (C=S) groups is 1. The van der Waals surface area contributed by atoms with E-state index < -0.39 is 0 Å². The second kappa shape index (κ2) is 8.89. The zero-order valence-electron chi connectivity index (χ0n) is 12.9. The summed E-state index contributed by atoms with van der Waals surface area (Å²) in [4.78, 5) is 14.3. The van der Waals surface area contributed by atoms with Gasteiger partial charge >= 0.3 is 0 Å². The Morgan fingerprint density at radius 2 is 2.00 bits per heavy atom. The summed E-state index contributed by atoms with van der Waals surface area (Å²) in [6.07, 6.45) is 0. The van der Waals surface area contributed by atoms with E-state index in [4.69, 9.17) is 17.0 Å². The number of carbonyl (C=O) groups is 1. The molecule has 6 heteroatoms. The molecule has 0 aliphatic rings. The Labute approximate surface area is 136 Å². The average molecular weight is 326 g/mol. The van der Waals surface area contributed by atoms with Gasteiger partial charge in [0.25, 0.3) is 0 Å². The third-order valence-electron chi connectivity index (χ3n) is 3.03. The molecule has 21 heavy (non-hydrogen) atoms. The second-order valence-corrected chi connectivity index (χ2v) is 6.36. The highest BCUT2D eigenvalue weighted by Gasteiger charge is 2.19. The molecule has 1 N–H and O–H groups in total. The van der Waals surface area contributed by atoms with Crippen LogP contribution in [0.25, 0.3) is 0 Å². The Morgan fingerprint density at radius 3 is 2.57 bits per heavy atom. The summed E-state index contributed by atoms with van der Waals surface area (Å²) < 4.78 is 5.98. The van der Waals surface area contributed by atoms with Crippen molar-refractivity contribution in [3.63, 3.8) is 0 Å². The molecule has 0 radical (unpaired) electrons. The summed E-state index contributed by atoms with van der Waals surface area (Å²) in [5.41, 5.74) is 0.672. The maximum atomic E-state index is 12.2. The Kier molecular flexibility index (Phi) is 7.53. The minimum Gasteiger partial charge on any atom is -0.495 e. The Bertz CT molecular complexity index is 490. The van der Waals surface area contributed by atoms with E-state index in [1.807, 2.05) is 31.2 Å². The number of amides is 1. The molecule has 1 aromatic rings. The number of para-hydroxylation sites is 2. The molecule has 1 atom stereocenters. The lowest BCUT2D eigenvalue weighted by Gasteiger charge is -2.23. The molecule has 0 aliphatic carbocycles. The second-order valence-electron chi connectivity index (χ2n) is 4.39. The lowest BCUT2D eigenvalue weighted by Crippen LogP contribution is -2.31. The van der Waals surface area contributed by atoms with Crippen LogP contribution in [0, 0.1) is 0 Å². The minimum atomic E-state index is -0.261. The first-order valence-electron chi connectivity index (χ1n) is 6.92. The zero-order valence-corrected chi connectivity index (χ0v) is 14.5. The number of rotatable bonds is 6. The van der Waals surface area contributed by atoms with Crippen LogP contribution in [0.2, 0.25) is 0 Å². The molecule has 0 saturated heterocycles. The molecule has 0 heterocycles. The maximum absolute atomic E-state index is 12.2. The van der Waals surface area contributed by atoms with Crippen LogP contribution in [0.1, 0.15) is 20.8 Å². The Balaban J connectivity index is 2.64. The highest BCUT2D eigenvalue weighted by Crippen LogP contribution is 2.25. The quantitative estimate of drug-likeness (QED) is 0.812. The van der Waals surface area contributed by atoms with Gasteiger partial charge in [0.15, 0.2) is 0 Å². The molecule has 0 saturated carbocycles. The first-order chi connectivity index (χ1) is 10.0. The predicted octanol–water partition coefficient (Wildman–Crippen LogP) is 3.38. The first kappa shape index (κ1) is 17.8. The lowest BCUT2D eigenvalue weighted by molar-refractivity contribution is -0.115. The summed E-state index contributed by atoms with van der Waals surface area (Å²) in [6.45, 7) is 7.66. The molecule has 0 aliphatic heterocycles. The van der Waals surface area contributed by atoms with Crippen molar-refractivity contribution < 1.29 is 9.53 Å². The van der Waals surface area contributed by atoms with E-state index >= 15 is 0 Å². The molecule has 1 rings (SSSR count). The summed E-state index contributed by atoms with van der Waals surface area (Å²) >= 11 is 6.77. The van der Waals surface area contributed by atoms with Crippen molar-refractivity contribution >= 4 is 39.9 Å². The number of methoxy groups -OCH3 is 1. The van der Waals surface area contributed by atoms with Gasteiger partial charge in [0.2, 0.25) is 5.91 Å². The molecule has 116 valence electrons. The zero-order chi connectivity index (χ0) is 15.8. The van der Waals surface area contributed by atoms with Gasteiger partial charge in [0, 0.05) is 13.1 Å². The van der Waals surface area contributed by atoms with Gasteiger partial charge in [0.1, 0.15) is 10.1 Å². The molecule has 0 aromatic heterocycles. The van der Waals surface area contributed by atoms with Gasteiger partial charge in [-0.1, -0.05) is 36.1 Å². The van der Waals surface area contributed by atoms with Crippen LogP contribution in [-0.4, -0.2) is 40.6 Å². The predicted molar refractivity (Wildman–Crippen MR) is 94.2 cm³/mol. The van der Waals surface area contributed by atoms with Crippen LogP contribution in [0.5, 0.6) is 5.75 Å². The molecule has 0 fully saturated rings. The normalized spacial score (nSPS) is 11.6. The van der Waals surface area contributed by atoms with Crippen molar-refractivity contribution in [3.05, 3.63) is 24.3 Å². The number of ether oxygens (including phenoxy) is 1. The minimum absolute atomic E-state index is 0.0843. The average Bonchev–Trinajstić information content (AvgIpc) is 2.48. The van der Waals surface area contributed by atoms with E-state index in [0.717, 1.165) is 17.4 Å². The van der Waals surface area contributed by atoms with Gasteiger partial charge < -0.3 is 15.0 Å². The third-order valence-corrected chi connectivity index (χ3v) is 4.61. The smallest absolute Gasteiger partial charge is 0.237 e.